The molecule has 2 rings (SSSR count). The van der Waals surface area contributed by atoms with E-state index in [0.717, 1.165) is 31.6 Å². The normalized spacial score (nSPS) is 16.7. The minimum absolute atomic E-state index is 0.150. The van der Waals surface area contributed by atoms with Crippen LogP contribution in [0, 0.1) is 5.82 Å². The second-order valence-corrected chi connectivity index (χ2v) is 5.03. The average Bonchev–Trinajstić information content (AvgIpc) is 2.45. The van der Waals surface area contributed by atoms with Gasteiger partial charge in [-0.2, -0.15) is 0 Å². The van der Waals surface area contributed by atoms with E-state index in [1.807, 2.05) is 6.08 Å². The maximum atomic E-state index is 14.2. The molecule has 1 aliphatic heterocycles. The summed E-state index contributed by atoms with van der Waals surface area (Å²) in [6, 6.07) is 4.84. The average molecular weight is 284 g/mol. The van der Waals surface area contributed by atoms with Crippen molar-refractivity contribution < 1.29 is 9.13 Å². The fourth-order valence-corrected chi connectivity index (χ4v) is 2.36. The molecule has 0 amide bonds. The Labute approximate surface area is 118 Å². The quantitative estimate of drug-likeness (QED) is 0.874. The summed E-state index contributed by atoms with van der Waals surface area (Å²) >= 11 is 5.87. The van der Waals surface area contributed by atoms with Crippen LogP contribution in [0.25, 0.3) is 0 Å². The second-order valence-electron chi connectivity index (χ2n) is 4.63. The first-order valence-corrected chi connectivity index (χ1v) is 7.12. The van der Waals surface area contributed by atoms with Gasteiger partial charge in [0.1, 0.15) is 11.6 Å². The molecule has 0 aromatic heterocycles. The summed E-state index contributed by atoms with van der Waals surface area (Å²) < 4.78 is 19.9. The largest absolute Gasteiger partial charge is 0.496 e. The van der Waals surface area contributed by atoms with Crippen molar-refractivity contribution in [2.24, 2.45) is 0 Å². The number of benzene rings is 1. The Morgan fingerprint density at radius 1 is 1.47 bits per heavy atom. The lowest BCUT2D eigenvalue weighted by atomic mass is 10.0. The minimum atomic E-state index is -0.368. The molecule has 1 N–H and O–H groups in total. The maximum Gasteiger partial charge on any atom is 0.147 e. The third kappa shape index (κ3) is 3.48. The van der Waals surface area contributed by atoms with Gasteiger partial charge in [0.05, 0.1) is 17.7 Å². The first-order chi connectivity index (χ1) is 9.24. The Hall–Kier alpha value is -1.06. The number of ether oxygens (including phenoxy) is 1. The highest BCUT2D eigenvalue weighted by Gasteiger charge is 2.23. The van der Waals surface area contributed by atoms with Gasteiger partial charge in [0.15, 0.2) is 0 Å². The van der Waals surface area contributed by atoms with Gasteiger partial charge in [-0.25, -0.2) is 4.39 Å². The van der Waals surface area contributed by atoms with Gasteiger partial charge in [0.2, 0.25) is 0 Å². The molecular formula is C15H19ClFNO. The van der Waals surface area contributed by atoms with Crippen molar-refractivity contribution in [2.45, 2.75) is 32.2 Å². The molecule has 19 heavy (non-hydrogen) atoms. The summed E-state index contributed by atoms with van der Waals surface area (Å²) in [5.41, 5.74) is 0.550. The van der Waals surface area contributed by atoms with Crippen LogP contribution < -0.4 is 5.32 Å². The number of rotatable bonds is 5. The monoisotopic (exact) mass is 283 g/mol. The maximum absolute atomic E-state index is 14.2. The smallest absolute Gasteiger partial charge is 0.147 e. The predicted octanol–water partition coefficient (Wildman–Crippen LogP) is 4.21. The molecule has 4 heteroatoms. The Kier molecular flexibility index (Phi) is 5.23. The van der Waals surface area contributed by atoms with Crippen LogP contribution >= 0.6 is 11.6 Å². The first kappa shape index (κ1) is 14.4. The Morgan fingerprint density at radius 2 is 2.32 bits per heavy atom. The fourth-order valence-electron chi connectivity index (χ4n) is 2.17. The van der Waals surface area contributed by atoms with Gasteiger partial charge in [-0.1, -0.05) is 30.7 Å². The molecule has 1 aromatic rings. The molecule has 0 bridgehead atoms. The molecule has 1 aromatic carbocycles. The second kappa shape index (κ2) is 6.92. The van der Waals surface area contributed by atoms with Gasteiger partial charge in [0.25, 0.3) is 0 Å². The molecular weight excluding hydrogens is 265 g/mol. The number of halogens is 2. The van der Waals surface area contributed by atoms with E-state index in [4.69, 9.17) is 16.3 Å². The predicted molar refractivity (Wildman–Crippen MR) is 75.7 cm³/mol. The van der Waals surface area contributed by atoms with Gasteiger partial charge in [-0.3, -0.25) is 0 Å². The highest BCUT2D eigenvalue weighted by Crippen LogP contribution is 2.30. The molecule has 1 heterocycles. The van der Waals surface area contributed by atoms with Crippen LogP contribution in [0.2, 0.25) is 5.02 Å². The van der Waals surface area contributed by atoms with E-state index in [1.54, 1.807) is 18.2 Å². The first-order valence-electron chi connectivity index (χ1n) is 6.74. The van der Waals surface area contributed by atoms with Gasteiger partial charge in [-0.05, 0) is 37.9 Å². The summed E-state index contributed by atoms with van der Waals surface area (Å²) in [5, 5.41) is 3.48. The Bertz CT molecular complexity index is 461. The number of allylic oxidation sites excluding steroid dienone is 1. The van der Waals surface area contributed by atoms with E-state index in [0.29, 0.717) is 12.2 Å². The van der Waals surface area contributed by atoms with Crippen LogP contribution in [0.1, 0.15) is 37.8 Å². The van der Waals surface area contributed by atoms with E-state index in [1.165, 1.54) is 0 Å². The number of hydrogen-bond acceptors (Lipinski definition) is 2. The zero-order chi connectivity index (χ0) is 13.7. The van der Waals surface area contributed by atoms with Gasteiger partial charge >= 0.3 is 0 Å². The summed E-state index contributed by atoms with van der Waals surface area (Å²) in [4.78, 5) is 0. The molecule has 104 valence electrons. The van der Waals surface area contributed by atoms with E-state index in [-0.39, 0.29) is 16.9 Å². The molecule has 0 saturated heterocycles. The van der Waals surface area contributed by atoms with Gasteiger partial charge in [-0.15, -0.1) is 0 Å². The molecule has 2 nitrogen and oxygen atoms in total. The Morgan fingerprint density at radius 3 is 3.00 bits per heavy atom. The Balaban J connectivity index is 2.30. The topological polar surface area (TPSA) is 21.3 Å². The van der Waals surface area contributed by atoms with Gasteiger partial charge < -0.3 is 10.1 Å². The van der Waals surface area contributed by atoms with E-state index in [9.17, 15) is 4.39 Å². The number of hydrogen-bond donors (Lipinski definition) is 1. The lowest BCUT2D eigenvalue weighted by molar-refractivity contribution is 0.166. The fraction of sp³-hybridized carbons (Fsp3) is 0.467. The van der Waals surface area contributed by atoms with Crippen LogP contribution in [-0.2, 0) is 4.74 Å². The molecule has 0 spiro atoms. The third-order valence-corrected chi connectivity index (χ3v) is 3.43. The van der Waals surface area contributed by atoms with Crippen LogP contribution in [0.4, 0.5) is 4.39 Å². The van der Waals surface area contributed by atoms with E-state index >= 15 is 0 Å². The zero-order valence-corrected chi connectivity index (χ0v) is 11.8. The van der Waals surface area contributed by atoms with Crippen LogP contribution in [0.3, 0.4) is 0 Å². The van der Waals surface area contributed by atoms with Crippen molar-refractivity contribution >= 4 is 11.6 Å². The lowest BCUT2D eigenvalue weighted by Crippen LogP contribution is -2.27. The lowest BCUT2D eigenvalue weighted by Gasteiger charge is -2.25. The molecule has 0 saturated carbocycles. The van der Waals surface area contributed by atoms with Crippen molar-refractivity contribution in [3.05, 3.63) is 46.4 Å². The molecule has 1 aliphatic rings. The molecule has 0 radical (unpaired) electrons. The number of nitrogens with one attached hydrogen (secondary N) is 1. The highest BCUT2D eigenvalue weighted by atomic mass is 35.5. The summed E-state index contributed by atoms with van der Waals surface area (Å²) in [5.74, 6) is 0.439. The molecule has 0 fully saturated rings. The summed E-state index contributed by atoms with van der Waals surface area (Å²) in [6.07, 6.45) is 5.01. The third-order valence-electron chi connectivity index (χ3n) is 3.14. The minimum Gasteiger partial charge on any atom is -0.496 e. The summed E-state index contributed by atoms with van der Waals surface area (Å²) in [6.45, 7) is 3.57. The van der Waals surface area contributed by atoms with Crippen LogP contribution in [-0.4, -0.2) is 13.2 Å². The van der Waals surface area contributed by atoms with Crippen molar-refractivity contribution in [3.8, 4) is 0 Å². The summed E-state index contributed by atoms with van der Waals surface area (Å²) in [7, 11) is 0. The van der Waals surface area contributed by atoms with E-state index in [2.05, 4.69) is 12.2 Å². The molecule has 1 unspecified atom stereocenters. The highest BCUT2D eigenvalue weighted by molar-refractivity contribution is 6.30. The standard InChI is InChI=1S/C15H19ClFNO/c1-2-9-18-15(13-8-3-4-10-19-13)11-6-5-7-12(16)14(11)17/h5-8,15,18H,2-4,9-10H2,1H3. The van der Waals surface area contributed by atoms with Crippen LogP contribution in [0.5, 0.6) is 0 Å². The van der Waals surface area contributed by atoms with Crippen molar-refractivity contribution in [1.29, 1.82) is 0 Å². The molecule has 1 atom stereocenters. The van der Waals surface area contributed by atoms with Gasteiger partial charge in [0, 0.05) is 5.56 Å². The SMILES string of the molecule is CCCNC(C1=CCCCO1)c1cccc(Cl)c1F. The van der Waals surface area contributed by atoms with E-state index < -0.39 is 0 Å². The zero-order valence-electron chi connectivity index (χ0n) is 11.1. The molecule has 0 aliphatic carbocycles. The van der Waals surface area contributed by atoms with Crippen molar-refractivity contribution in [2.75, 3.05) is 13.2 Å². The van der Waals surface area contributed by atoms with Crippen molar-refractivity contribution in [3.63, 3.8) is 0 Å². The van der Waals surface area contributed by atoms with Crippen LogP contribution in [0.15, 0.2) is 30.0 Å². The van der Waals surface area contributed by atoms with Crippen molar-refractivity contribution in [1.82, 2.24) is 5.32 Å².